The number of rotatable bonds is 3. The second-order valence-corrected chi connectivity index (χ2v) is 3.97. The third-order valence-corrected chi connectivity index (χ3v) is 2.07. The zero-order chi connectivity index (χ0) is 13.2. The van der Waals surface area contributed by atoms with Crippen LogP contribution in [0, 0.1) is 6.92 Å². The fourth-order valence-electron chi connectivity index (χ4n) is 1.39. The summed E-state index contributed by atoms with van der Waals surface area (Å²) in [6, 6.07) is 3.94. The third kappa shape index (κ3) is 3.47. The Balaban J connectivity index is 3.02. The van der Waals surface area contributed by atoms with Crippen molar-refractivity contribution in [2.24, 2.45) is 0 Å². The van der Waals surface area contributed by atoms with Crippen LogP contribution >= 0.6 is 0 Å². The van der Waals surface area contributed by atoms with Crippen LogP contribution in [0.4, 0.5) is 13.2 Å². The van der Waals surface area contributed by atoms with Crippen LogP contribution in [0.15, 0.2) is 18.2 Å². The van der Waals surface area contributed by atoms with Crippen LogP contribution in [-0.2, 0) is 0 Å². The molecule has 0 fully saturated rings. The minimum Gasteiger partial charge on any atom is -0.491 e. The van der Waals surface area contributed by atoms with Gasteiger partial charge in [0.2, 0.25) is 0 Å². The lowest BCUT2D eigenvalue weighted by Crippen LogP contribution is -2.23. The summed E-state index contributed by atoms with van der Waals surface area (Å²) in [7, 11) is 0. The average Bonchev–Trinajstić information content (AvgIpc) is 2.14. The number of carbonyl (C=O) groups is 1. The molecule has 1 rings (SSSR count). The first-order valence-corrected chi connectivity index (χ1v) is 5.10. The minimum absolute atomic E-state index is 0.0708. The fraction of sp³-hybridized carbons (Fsp3) is 0.417. The van der Waals surface area contributed by atoms with Crippen molar-refractivity contribution in [2.75, 3.05) is 0 Å². The molecule has 0 spiro atoms. The Morgan fingerprint density at radius 2 is 1.88 bits per heavy atom. The van der Waals surface area contributed by atoms with E-state index in [1.54, 1.807) is 0 Å². The topological polar surface area (TPSA) is 26.3 Å². The summed E-state index contributed by atoms with van der Waals surface area (Å²) in [6.45, 7) is 5.07. The normalized spacial score (nSPS) is 11.7. The number of ketones is 1. The zero-order valence-electron chi connectivity index (χ0n) is 9.76. The molecule has 1 aromatic carbocycles. The highest BCUT2D eigenvalue weighted by atomic mass is 19.4. The molecule has 1 aromatic rings. The van der Waals surface area contributed by atoms with Gasteiger partial charge in [0, 0.05) is 5.56 Å². The van der Waals surface area contributed by atoms with Gasteiger partial charge >= 0.3 is 6.18 Å². The monoisotopic (exact) mass is 246 g/mol. The van der Waals surface area contributed by atoms with Crippen LogP contribution < -0.4 is 4.74 Å². The van der Waals surface area contributed by atoms with Crippen LogP contribution in [-0.4, -0.2) is 18.1 Å². The highest BCUT2D eigenvalue weighted by Gasteiger charge is 2.39. The molecular formula is C12H13F3O2. The molecule has 5 heteroatoms. The van der Waals surface area contributed by atoms with Gasteiger partial charge in [-0.15, -0.1) is 0 Å². The van der Waals surface area contributed by atoms with Gasteiger partial charge in [0.05, 0.1) is 6.10 Å². The van der Waals surface area contributed by atoms with Gasteiger partial charge in [-0.2, -0.15) is 13.2 Å². The Kier molecular flexibility index (Phi) is 3.80. The van der Waals surface area contributed by atoms with Gasteiger partial charge in [-0.25, -0.2) is 0 Å². The van der Waals surface area contributed by atoms with E-state index in [0.717, 1.165) is 6.07 Å². The van der Waals surface area contributed by atoms with Crippen LogP contribution in [0.3, 0.4) is 0 Å². The van der Waals surface area contributed by atoms with Crippen molar-refractivity contribution in [1.82, 2.24) is 0 Å². The summed E-state index contributed by atoms with van der Waals surface area (Å²) in [5.74, 6) is -1.37. The molecule has 0 saturated carbocycles. The molecular weight excluding hydrogens is 233 g/mol. The van der Waals surface area contributed by atoms with Gasteiger partial charge in [-0.1, -0.05) is 0 Å². The summed E-state index contributed by atoms with van der Waals surface area (Å²) < 4.78 is 42.1. The first-order chi connectivity index (χ1) is 7.71. The van der Waals surface area contributed by atoms with E-state index >= 15 is 0 Å². The number of benzene rings is 1. The SMILES string of the molecule is Cc1cc(OC(C)C)ccc1C(=O)C(F)(F)F. The number of halogens is 3. The average molecular weight is 246 g/mol. The van der Waals surface area contributed by atoms with Crippen LogP contribution in [0.5, 0.6) is 5.75 Å². The van der Waals surface area contributed by atoms with Crippen molar-refractivity contribution < 1.29 is 22.7 Å². The smallest absolute Gasteiger partial charge is 0.454 e. The molecule has 17 heavy (non-hydrogen) atoms. The second kappa shape index (κ2) is 4.77. The van der Waals surface area contributed by atoms with Crippen LogP contribution in [0.1, 0.15) is 29.8 Å². The van der Waals surface area contributed by atoms with Gasteiger partial charge in [-0.05, 0) is 44.5 Å². The van der Waals surface area contributed by atoms with E-state index in [2.05, 4.69) is 0 Å². The van der Waals surface area contributed by atoms with E-state index < -0.39 is 12.0 Å². The van der Waals surface area contributed by atoms with E-state index in [1.165, 1.54) is 19.1 Å². The first-order valence-electron chi connectivity index (χ1n) is 5.10. The Hall–Kier alpha value is -1.52. The Morgan fingerprint density at radius 3 is 2.29 bits per heavy atom. The van der Waals surface area contributed by atoms with E-state index in [-0.39, 0.29) is 17.2 Å². The Labute approximate surface area is 97.4 Å². The first kappa shape index (κ1) is 13.5. The van der Waals surface area contributed by atoms with Crippen molar-refractivity contribution >= 4 is 5.78 Å². The van der Waals surface area contributed by atoms with Gasteiger partial charge in [0.1, 0.15) is 5.75 Å². The predicted octanol–water partition coefficient (Wildman–Crippen LogP) is 3.53. The molecule has 94 valence electrons. The zero-order valence-corrected chi connectivity index (χ0v) is 9.76. The van der Waals surface area contributed by atoms with Crippen molar-refractivity contribution in [3.63, 3.8) is 0 Å². The van der Waals surface area contributed by atoms with E-state index in [4.69, 9.17) is 4.74 Å². The highest BCUT2D eigenvalue weighted by Crippen LogP contribution is 2.26. The Morgan fingerprint density at radius 1 is 1.29 bits per heavy atom. The number of ether oxygens (including phenoxy) is 1. The second-order valence-electron chi connectivity index (χ2n) is 3.97. The highest BCUT2D eigenvalue weighted by molar-refractivity contribution is 6.01. The lowest BCUT2D eigenvalue weighted by Gasteiger charge is -2.12. The van der Waals surface area contributed by atoms with Crippen molar-refractivity contribution in [1.29, 1.82) is 0 Å². The molecule has 0 heterocycles. The minimum atomic E-state index is -4.84. The van der Waals surface area contributed by atoms with Gasteiger partial charge in [0.25, 0.3) is 5.78 Å². The standard InChI is InChI=1S/C12H13F3O2/c1-7(2)17-9-4-5-10(8(3)6-9)11(16)12(13,14)15/h4-7H,1-3H3. The molecule has 0 bridgehead atoms. The number of alkyl halides is 3. The summed E-state index contributed by atoms with van der Waals surface area (Å²) >= 11 is 0. The van der Waals surface area contributed by atoms with Gasteiger partial charge in [-0.3, -0.25) is 4.79 Å². The molecule has 0 aliphatic carbocycles. The number of carbonyl (C=O) groups excluding carboxylic acids is 1. The Bertz CT molecular complexity index is 422. The molecule has 0 atom stereocenters. The van der Waals surface area contributed by atoms with Crippen LogP contribution in [0.2, 0.25) is 0 Å². The lowest BCUT2D eigenvalue weighted by molar-refractivity contribution is -0.0885. The molecule has 0 radical (unpaired) electrons. The molecule has 0 amide bonds. The maximum Gasteiger partial charge on any atom is 0.454 e. The van der Waals surface area contributed by atoms with Gasteiger partial charge < -0.3 is 4.74 Å². The molecule has 0 unspecified atom stereocenters. The molecule has 0 N–H and O–H groups in total. The van der Waals surface area contributed by atoms with Crippen molar-refractivity contribution in [3.8, 4) is 5.75 Å². The van der Waals surface area contributed by atoms with E-state index in [9.17, 15) is 18.0 Å². The summed E-state index contributed by atoms with van der Waals surface area (Å²) in [5, 5.41) is 0. The number of hydrogen-bond acceptors (Lipinski definition) is 2. The molecule has 0 aliphatic heterocycles. The number of aryl methyl sites for hydroxylation is 1. The molecule has 0 aliphatic rings. The summed E-state index contributed by atoms with van der Waals surface area (Å²) in [5.41, 5.74) is -0.0842. The maximum atomic E-state index is 12.2. The quantitative estimate of drug-likeness (QED) is 0.762. The van der Waals surface area contributed by atoms with Gasteiger partial charge in [0.15, 0.2) is 0 Å². The lowest BCUT2D eigenvalue weighted by atomic mass is 10.0. The largest absolute Gasteiger partial charge is 0.491 e. The number of hydrogen-bond donors (Lipinski definition) is 0. The third-order valence-electron chi connectivity index (χ3n) is 2.07. The molecule has 0 saturated heterocycles. The molecule has 2 nitrogen and oxygen atoms in total. The van der Waals surface area contributed by atoms with Crippen molar-refractivity contribution in [3.05, 3.63) is 29.3 Å². The van der Waals surface area contributed by atoms with E-state index in [1.807, 2.05) is 13.8 Å². The van der Waals surface area contributed by atoms with Crippen LogP contribution in [0.25, 0.3) is 0 Å². The number of Topliss-reactive ketones (excluding diaryl/α,β-unsaturated/α-hetero) is 1. The van der Waals surface area contributed by atoms with Crippen molar-refractivity contribution in [2.45, 2.75) is 33.1 Å². The van der Waals surface area contributed by atoms with E-state index in [0.29, 0.717) is 5.75 Å². The predicted molar refractivity (Wildman–Crippen MR) is 57.3 cm³/mol. The fourth-order valence-corrected chi connectivity index (χ4v) is 1.39. The maximum absolute atomic E-state index is 12.2. The summed E-state index contributed by atoms with van der Waals surface area (Å²) in [4.78, 5) is 11.1. The molecule has 0 aromatic heterocycles. The summed E-state index contributed by atoms with van der Waals surface area (Å²) in [6.07, 6.45) is -4.91.